The number of hydrogen-bond acceptors (Lipinski definition) is 5. The molecule has 0 aliphatic rings. The molecule has 8 aromatic rings. The van der Waals surface area contributed by atoms with Gasteiger partial charge in [-0.2, -0.15) is 0 Å². The maximum absolute atomic E-state index is 14.4. The molecule has 0 fully saturated rings. The molecule has 0 aliphatic carbocycles. The van der Waals surface area contributed by atoms with Gasteiger partial charge in [0.2, 0.25) is 9.84 Å². The fourth-order valence-corrected chi connectivity index (χ4v) is 7.69. The molecule has 2 aromatic heterocycles. The Bertz CT molecular complexity index is 2620. The second-order valence-electron chi connectivity index (χ2n) is 12.3. The number of aryl methyl sites for hydroxylation is 1. The van der Waals surface area contributed by atoms with Crippen molar-refractivity contribution in [2.45, 2.75) is 16.7 Å². The number of fused-ring (bicyclic) bond motifs is 2. The van der Waals surface area contributed by atoms with E-state index in [2.05, 4.69) is 31.2 Å². The van der Waals surface area contributed by atoms with Crippen LogP contribution < -0.4 is 4.74 Å². The first-order valence-electron chi connectivity index (χ1n) is 16.3. The lowest BCUT2D eigenvalue weighted by Gasteiger charge is -2.14. The Balaban J connectivity index is 1.27. The lowest BCUT2D eigenvalue weighted by molar-refractivity contribution is 0.415. The summed E-state index contributed by atoms with van der Waals surface area (Å²) in [5.41, 5.74) is 9.93. The van der Waals surface area contributed by atoms with Gasteiger partial charge in [0.05, 0.1) is 39.3 Å². The average Bonchev–Trinajstić information content (AvgIpc) is 3.17. The van der Waals surface area contributed by atoms with Gasteiger partial charge in [0.1, 0.15) is 5.75 Å². The van der Waals surface area contributed by atoms with Crippen LogP contribution in [0.3, 0.4) is 0 Å². The zero-order chi connectivity index (χ0) is 34.2. The highest BCUT2D eigenvalue weighted by molar-refractivity contribution is 7.91. The van der Waals surface area contributed by atoms with Gasteiger partial charge < -0.3 is 4.74 Å². The molecule has 8 rings (SSSR count). The Hall–Kier alpha value is -6.11. The molecular weight excluding hydrogens is 637 g/mol. The van der Waals surface area contributed by atoms with Crippen molar-refractivity contribution in [2.75, 3.05) is 7.11 Å². The fraction of sp³-hybridized carbons (Fsp3) is 0.0455. The molecule has 0 spiro atoms. The summed E-state index contributed by atoms with van der Waals surface area (Å²) in [4.78, 5) is 10.3. The topological polar surface area (TPSA) is 69.2 Å². The minimum atomic E-state index is -3.93. The van der Waals surface area contributed by atoms with E-state index >= 15 is 0 Å². The van der Waals surface area contributed by atoms with Crippen molar-refractivity contribution < 1.29 is 13.2 Å². The standard InChI is InChI=1S/C44H32N2O3S/c1-29-13-15-32(16-14-29)43-27-37(30-9-5-3-6-10-30)39-25-35(21-23-41(39)45-43)50(47,48)36-22-24-42-40(26-36)38(31-11-7-4-8-12-31)28-44(46-42)33-17-19-34(49-2)20-18-33/h3-28H,1-2H3. The molecule has 0 atom stereocenters. The van der Waals surface area contributed by atoms with E-state index in [0.29, 0.717) is 5.52 Å². The van der Waals surface area contributed by atoms with Crippen molar-refractivity contribution in [1.29, 1.82) is 0 Å². The third kappa shape index (κ3) is 5.80. The van der Waals surface area contributed by atoms with Crippen LogP contribution in [0.15, 0.2) is 168 Å². The Morgan fingerprint density at radius 3 is 1.36 bits per heavy atom. The number of ether oxygens (including phenoxy) is 1. The molecule has 5 nitrogen and oxygen atoms in total. The summed E-state index contributed by atoms with van der Waals surface area (Å²) in [6.07, 6.45) is 0. The molecule has 0 saturated heterocycles. The Labute approximate surface area is 291 Å². The zero-order valence-electron chi connectivity index (χ0n) is 27.5. The van der Waals surface area contributed by atoms with Crippen LogP contribution in [0.25, 0.3) is 66.6 Å². The van der Waals surface area contributed by atoms with Crippen LogP contribution in [0.5, 0.6) is 5.75 Å². The quantitative estimate of drug-likeness (QED) is 0.169. The number of sulfone groups is 1. The van der Waals surface area contributed by atoms with Crippen molar-refractivity contribution in [2.24, 2.45) is 0 Å². The summed E-state index contributed by atoms with van der Waals surface area (Å²) in [6.45, 7) is 2.06. The van der Waals surface area contributed by atoms with Crippen molar-refractivity contribution in [3.63, 3.8) is 0 Å². The first kappa shape index (κ1) is 31.2. The number of methoxy groups -OCH3 is 1. The Morgan fingerprint density at radius 2 is 0.920 bits per heavy atom. The van der Waals surface area contributed by atoms with Crippen LogP contribution in [0.4, 0.5) is 0 Å². The summed E-state index contributed by atoms with van der Waals surface area (Å²) < 4.78 is 34.2. The van der Waals surface area contributed by atoms with Gasteiger partial charge >= 0.3 is 0 Å². The van der Waals surface area contributed by atoms with E-state index in [1.807, 2.05) is 103 Å². The van der Waals surface area contributed by atoms with Crippen LogP contribution in [0, 0.1) is 6.92 Å². The van der Waals surface area contributed by atoms with Crippen LogP contribution in [-0.2, 0) is 9.84 Å². The molecule has 50 heavy (non-hydrogen) atoms. The summed E-state index contributed by atoms with van der Waals surface area (Å²) >= 11 is 0. The lowest BCUT2D eigenvalue weighted by Crippen LogP contribution is -2.03. The second kappa shape index (κ2) is 12.7. The maximum Gasteiger partial charge on any atom is 0.206 e. The van der Waals surface area contributed by atoms with E-state index in [0.717, 1.165) is 66.8 Å². The second-order valence-corrected chi connectivity index (χ2v) is 14.2. The molecule has 0 aliphatic heterocycles. The predicted molar refractivity (Wildman–Crippen MR) is 202 cm³/mol. The molecule has 0 N–H and O–H groups in total. The highest BCUT2D eigenvalue weighted by atomic mass is 32.2. The molecule has 6 aromatic carbocycles. The summed E-state index contributed by atoms with van der Waals surface area (Å²) in [6, 6.07) is 50.5. The van der Waals surface area contributed by atoms with E-state index in [-0.39, 0.29) is 9.79 Å². The van der Waals surface area contributed by atoms with Gasteiger partial charge in [0.25, 0.3) is 0 Å². The van der Waals surface area contributed by atoms with Crippen LogP contribution in [0.1, 0.15) is 5.56 Å². The van der Waals surface area contributed by atoms with Gasteiger partial charge in [0.15, 0.2) is 0 Å². The monoisotopic (exact) mass is 668 g/mol. The average molecular weight is 669 g/mol. The lowest BCUT2D eigenvalue weighted by atomic mass is 9.98. The minimum absolute atomic E-state index is 0.200. The maximum atomic E-state index is 14.4. The van der Waals surface area contributed by atoms with Crippen LogP contribution >= 0.6 is 0 Å². The van der Waals surface area contributed by atoms with Crippen LogP contribution in [0.2, 0.25) is 0 Å². The number of aromatic nitrogens is 2. The minimum Gasteiger partial charge on any atom is -0.497 e. The SMILES string of the molecule is COc1ccc(-c2cc(-c3ccccc3)c3cc(S(=O)(=O)c4ccc5nc(-c6ccc(C)cc6)cc(-c6ccccc6)c5c4)ccc3n2)cc1. The van der Waals surface area contributed by atoms with Crippen molar-refractivity contribution in [1.82, 2.24) is 9.97 Å². The summed E-state index contributed by atoms with van der Waals surface area (Å²) in [5, 5.41) is 1.52. The van der Waals surface area contributed by atoms with Crippen molar-refractivity contribution >= 4 is 31.6 Å². The van der Waals surface area contributed by atoms with Gasteiger partial charge in [0, 0.05) is 21.9 Å². The highest BCUT2D eigenvalue weighted by Crippen LogP contribution is 2.37. The molecule has 0 radical (unpaired) electrons. The van der Waals surface area contributed by atoms with Gasteiger partial charge in [-0.25, -0.2) is 18.4 Å². The first-order chi connectivity index (χ1) is 24.4. The molecule has 0 unspecified atom stereocenters. The zero-order valence-corrected chi connectivity index (χ0v) is 28.4. The fourth-order valence-electron chi connectivity index (χ4n) is 6.38. The van der Waals surface area contributed by atoms with Crippen molar-refractivity contribution in [3.8, 4) is 50.5 Å². The van der Waals surface area contributed by atoms with Gasteiger partial charge in [-0.1, -0.05) is 90.5 Å². The molecular formula is C44H32N2O3S. The van der Waals surface area contributed by atoms with E-state index in [9.17, 15) is 8.42 Å². The van der Waals surface area contributed by atoms with Gasteiger partial charge in [-0.15, -0.1) is 0 Å². The van der Waals surface area contributed by atoms with Gasteiger partial charge in [-0.05, 0) is 102 Å². The summed E-state index contributed by atoms with van der Waals surface area (Å²) in [7, 11) is -2.29. The molecule has 6 heteroatoms. The van der Waals surface area contributed by atoms with E-state index < -0.39 is 9.84 Å². The number of pyridine rings is 2. The third-order valence-electron chi connectivity index (χ3n) is 9.08. The number of benzene rings is 6. The first-order valence-corrected chi connectivity index (χ1v) is 17.8. The van der Waals surface area contributed by atoms with E-state index in [1.54, 1.807) is 37.4 Å². The van der Waals surface area contributed by atoms with Crippen molar-refractivity contribution in [3.05, 3.63) is 163 Å². The largest absolute Gasteiger partial charge is 0.497 e. The molecule has 2 heterocycles. The molecule has 0 amide bonds. The molecule has 0 saturated carbocycles. The molecule has 0 bridgehead atoms. The Morgan fingerprint density at radius 1 is 0.480 bits per heavy atom. The Kier molecular flexibility index (Phi) is 7.94. The number of rotatable bonds is 7. The highest BCUT2D eigenvalue weighted by Gasteiger charge is 2.22. The third-order valence-corrected chi connectivity index (χ3v) is 10.8. The number of nitrogens with zero attached hydrogens (tertiary/aromatic N) is 2. The summed E-state index contributed by atoms with van der Waals surface area (Å²) in [5.74, 6) is 0.764. The molecule has 242 valence electrons. The number of hydrogen-bond donors (Lipinski definition) is 0. The predicted octanol–water partition coefficient (Wildman–Crippen LogP) is 10.6. The van der Waals surface area contributed by atoms with Gasteiger partial charge in [-0.3, -0.25) is 0 Å². The van der Waals surface area contributed by atoms with Crippen LogP contribution in [-0.4, -0.2) is 25.5 Å². The van der Waals surface area contributed by atoms with E-state index in [1.165, 1.54) is 5.56 Å². The normalized spacial score (nSPS) is 11.6. The smallest absolute Gasteiger partial charge is 0.206 e. The van der Waals surface area contributed by atoms with E-state index in [4.69, 9.17) is 14.7 Å².